The molecule has 0 saturated heterocycles. The third kappa shape index (κ3) is 5.03. The fraction of sp³-hybridized carbons (Fsp3) is 0.375. The van der Waals surface area contributed by atoms with Crippen LogP contribution in [0.15, 0.2) is 30.6 Å². The first-order valence-corrected chi connectivity index (χ1v) is 8.96. The first kappa shape index (κ1) is 16.8. The highest BCUT2D eigenvalue weighted by atomic mass is 32.2. The largest absolute Gasteiger partial charge is 0.362 e. The molecule has 0 fully saturated rings. The zero-order valence-corrected chi connectivity index (χ0v) is 14.6. The van der Waals surface area contributed by atoms with Crippen molar-refractivity contribution in [1.82, 2.24) is 15.3 Å². The molecular weight excluding hydrogens is 312 g/mol. The van der Waals surface area contributed by atoms with Crippen molar-refractivity contribution >= 4 is 34.8 Å². The molecule has 0 radical (unpaired) electrons. The highest BCUT2D eigenvalue weighted by Crippen LogP contribution is 2.15. The lowest BCUT2D eigenvalue weighted by atomic mass is 10.1. The summed E-state index contributed by atoms with van der Waals surface area (Å²) in [5.41, 5.74) is 4.63. The van der Waals surface area contributed by atoms with Gasteiger partial charge in [0.05, 0.1) is 12.0 Å². The van der Waals surface area contributed by atoms with Crippen LogP contribution in [-0.4, -0.2) is 27.4 Å². The number of nitrogens with one attached hydrogen (secondary N) is 3. The van der Waals surface area contributed by atoms with Gasteiger partial charge in [-0.25, -0.2) is 4.98 Å². The molecule has 2 rings (SSSR count). The van der Waals surface area contributed by atoms with Crippen LogP contribution in [0, 0.1) is 6.92 Å². The molecule has 1 heterocycles. The summed E-state index contributed by atoms with van der Waals surface area (Å²) in [6.07, 6.45) is 2.73. The number of benzene rings is 1. The first-order valence-electron chi connectivity index (χ1n) is 7.40. The number of aryl methyl sites for hydroxylation is 2. The molecule has 0 atom stereocenters. The summed E-state index contributed by atoms with van der Waals surface area (Å²) in [5.74, 6) is 1.92. The second-order valence-corrected chi connectivity index (χ2v) is 6.43. The third-order valence-electron chi connectivity index (χ3n) is 3.35. The Labute approximate surface area is 141 Å². The lowest BCUT2D eigenvalue weighted by molar-refractivity contribution is 0.987. The number of imidazole rings is 1. The van der Waals surface area contributed by atoms with E-state index in [1.54, 1.807) is 6.33 Å². The molecule has 0 saturated carbocycles. The SMILES string of the molecule is CCc1ccccc1NC(=S)NCCSCc1nc[nH]c1C. The number of hydrogen-bond donors (Lipinski definition) is 3. The van der Waals surface area contributed by atoms with Crippen molar-refractivity contribution in [2.45, 2.75) is 26.0 Å². The summed E-state index contributed by atoms with van der Waals surface area (Å²) in [5, 5.41) is 7.20. The minimum Gasteiger partial charge on any atom is -0.362 e. The summed E-state index contributed by atoms with van der Waals surface area (Å²) in [6.45, 7) is 5.03. The molecule has 1 aromatic heterocycles. The maximum atomic E-state index is 5.34. The zero-order chi connectivity index (χ0) is 15.8. The highest BCUT2D eigenvalue weighted by Gasteiger charge is 2.03. The van der Waals surface area contributed by atoms with Crippen LogP contribution in [-0.2, 0) is 12.2 Å². The number of aromatic amines is 1. The third-order valence-corrected chi connectivity index (χ3v) is 4.57. The molecule has 1 aromatic carbocycles. The Morgan fingerprint density at radius 3 is 2.91 bits per heavy atom. The average Bonchev–Trinajstić information content (AvgIpc) is 2.93. The molecule has 0 unspecified atom stereocenters. The van der Waals surface area contributed by atoms with Crippen LogP contribution in [0.1, 0.15) is 23.9 Å². The van der Waals surface area contributed by atoms with Crippen molar-refractivity contribution in [3.8, 4) is 0 Å². The van der Waals surface area contributed by atoms with Crippen LogP contribution in [0.2, 0.25) is 0 Å². The van der Waals surface area contributed by atoms with Crippen molar-refractivity contribution in [1.29, 1.82) is 0 Å². The fourth-order valence-electron chi connectivity index (χ4n) is 2.06. The van der Waals surface area contributed by atoms with Crippen LogP contribution in [0.4, 0.5) is 5.69 Å². The molecule has 2 aromatic rings. The van der Waals surface area contributed by atoms with Gasteiger partial charge in [0.1, 0.15) is 0 Å². The lowest BCUT2D eigenvalue weighted by Gasteiger charge is -2.13. The van der Waals surface area contributed by atoms with E-state index in [9.17, 15) is 0 Å². The summed E-state index contributed by atoms with van der Waals surface area (Å²) in [4.78, 5) is 7.38. The minimum absolute atomic E-state index is 0.678. The number of thioether (sulfide) groups is 1. The van der Waals surface area contributed by atoms with Crippen molar-refractivity contribution in [3.05, 3.63) is 47.5 Å². The quantitative estimate of drug-likeness (QED) is 0.534. The van der Waals surface area contributed by atoms with Gasteiger partial charge in [-0.2, -0.15) is 11.8 Å². The number of hydrogen-bond acceptors (Lipinski definition) is 3. The second kappa shape index (κ2) is 8.80. The normalized spacial score (nSPS) is 10.5. The zero-order valence-electron chi connectivity index (χ0n) is 13.0. The van der Waals surface area contributed by atoms with Gasteiger partial charge in [-0.1, -0.05) is 25.1 Å². The predicted molar refractivity (Wildman–Crippen MR) is 99.5 cm³/mol. The Morgan fingerprint density at radius 2 is 2.18 bits per heavy atom. The summed E-state index contributed by atoms with van der Waals surface area (Å²) < 4.78 is 0. The Bertz CT molecular complexity index is 610. The number of thiocarbonyl (C=S) groups is 1. The Morgan fingerprint density at radius 1 is 1.36 bits per heavy atom. The van der Waals surface area contributed by atoms with E-state index in [0.29, 0.717) is 5.11 Å². The lowest BCUT2D eigenvalue weighted by Crippen LogP contribution is -2.30. The van der Waals surface area contributed by atoms with E-state index in [0.717, 1.165) is 41.5 Å². The van der Waals surface area contributed by atoms with Crippen LogP contribution in [0.3, 0.4) is 0 Å². The first-order chi connectivity index (χ1) is 10.7. The van der Waals surface area contributed by atoms with Crippen LogP contribution in [0.25, 0.3) is 0 Å². The summed E-state index contributed by atoms with van der Waals surface area (Å²) >= 11 is 7.19. The van der Waals surface area contributed by atoms with E-state index in [4.69, 9.17) is 12.2 Å². The van der Waals surface area contributed by atoms with E-state index in [1.165, 1.54) is 5.56 Å². The Hall–Kier alpha value is -1.53. The smallest absolute Gasteiger partial charge is 0.170 e. The van der Waals surface area contributed by atoms with E-state index in [1.807, 2.05) is 30.8 Å². The molecule has 4 nitrogen and oxygen atoms in total. The Balaban J connectivity index is 1.66. The van der Waals surface area contributed by atoms with Crippen LogP contribution >= 0.6 is 24.0 Å². The molecule has 0 amide bonds. The van der Waals surface area contributed by atoms with Gasteiger partial charge in [0.15, 0.2) is 5.11 Å². The maximum Gasteiger partial charge on any atom is 0.170 e. The van der Waals surface area contributed by atoms with Crippen LogP contribution in [0.5, 0.6) is 0 Å². The maximum absolute atomic E-state index is 5.34. The minimum atomic E-state index is 0.678. The van der Waals surface area contributed by atoms with E-state index in [2.05, 4.69) is 39.7 Å². The Kier molecular flexibility index (Phi) is 6.74. The molecule has 118 valence electrons. The number of H-pyrrole nitrogens is 1. The molecule has 0 aliphatic heterocycles. The van der Waals surface area contributed by atoms with Crippen molar-refractivity contribution in [2.24, 2.45) is 0 Å². The van der Waals surface area contributed by atoms with Gasteiger partial charge in [0, 0.05) is 29.4 Å². The van der Waals surface area contributed by atoms with E-state index in [-0.39, 0.29) is 0 Å². The number of rotatable bonds is 7. The molecule has 3 N–H and O–H groups in total. The summed E-state index contributed by atoms with van der Waals surface area (Å²) in [7, 11) is 0. The van der Waals surface area contributed by atoms with Gasteiger partial charge >= 0.3 is 0 Å². The molecule has 0 bridgehead atoms. The predicted octanol–water partition coefficient (Wildman–Crippen LogP) is 3.50. The monoisotopic (exact) mass is 334 g/mol. The second-order valence-electron chi connectivity index (χ2n) is 4.92. The van der Waals surface area contributed by atoms with Gasteiger partial charge in [0.2, 0.25) is 0 Å². The number of anilines is 1. The number of nitrogens with zero attached hydrogens (tertiary/aromatic N) is 1. The molecule has 22 heavy (non-hydrogen) atoms. The topological polar surface area (TPSA) is 52.7 Å². The molecule has 0 aliphatic carbocycles. The van der Waals surface area contributed by atoms with Gasteiger partial charge in [-0.05, 0) is 37.2 Å². The van der Waals surface area contributed by atoms with Crippen molar-refractivity contribution < 1.29 is 0 Å². The average molecular weight is 335 g/mol. The molecular formula is C16H22N4S2. The molecule has 0 aliphatic rings. The fourth-order valence-corrected chi connectivity index (χ4v) is 3.14. The van der Waals surface area contributed by atoms with Crippen molar-refractivity contribution in [3.63, 3.8) is 0 Å². The molecule has 0 spiro atoms. The standard InChI is InChI=1S/C16H22N4S2/c1-3-13-6-4-5-7-14(13)20-16(21)17-8-9-22-10-15-12(2)18-11-19-15/h4-7,11H,3,8-10H2,1-2H3,(H,18,19)(H2,17,20,21). The van der Waals surface area contributed by atoms with Crippen LogP contribution < -0.4 is 10.6 Å². The van der Waals surface area contributed by atoms with Gasteiger partial charge in [0.25, 0.3) is 0 Å². The highest BCUT2D eigenvalue weighted by molar-refractivity contribution is 7.98. The van der Waals surface area contributed by atoms with Gasteiger partial charge < -0.3 is 15.6 Å². The van der Waals surface area contributed by atoms with Gasteiger partial charge in [-0.15, -0.1) is 0 Å². The summed E-state index contributed by atoms with van der Waals surface area (Å²) in [6, 6.07) is 8.25. The van der Waals surface area contributed by atoms with E-state index >= 15 is 0 Å². The van der Waals surface area contributed by atoms with E-state index < -0.39 is 0 Å². The van der Waals surface area contributed by atoms with Gasteiger partial charge in [-0.3, -0.25) is 0 Å². The molecule has 6 heteroatoms. The number of aromatic nitrogens is 2. The van der Waals surface area contributed by atoms with Crippen molar-refractivity contribution in [2.75, 3.05) is 17.6 Å². The number of para-hydroxylation sites is 1.